The number of nitrogen functional groups attached to an aromatic ring is 1. The summed E-state index contributed by atoms with van der Waals surface area (Å²) in [5.74, 6) is -0.864. The van der Waals surface area contributed by atoms with Crippen LogP contribution in [0.15, 0.2) is 54.9 Å². The summed E-state index contributed by atoms with van der Waals surface area (Å²) in [6.45, 7) is 1.78. The van der Waals surface area contributed by atoms with Crippen molar-refractivity contribution in [1.29, 1.82) is 0 Å². The number of anilines is 2. The summed E-state index contributed by atoms with van der Waals surface area (Å²) in [5.41, 5.74) is 7.31. The molecule has 1 aliphatic rings. The number of likely N-dealkylation sites (tertiary alicyclic amines) is 1. The number of halogens is 1. The number of imide groups is 1. The van der Waals surface area contributed by atoms with E-state index in [0.717, 1.165) is 16.0 Å². The van der Waals surface area contributed by atoms with Crippen molar-refractivity contribution in [3.63, 3.8) is 0 Å². The Labute approximate surface area is 207 Å². The minimum Gasteiger partial charge on any atom is -0.384 e. The Morgan fingerprint density at radius 3 is 2.69 bits per heavy atom. The number of carbonyl (C=O) groups is 3. The molecule has 1 aliphatic heterocycles. The molecule has 182 valence electrons. The number of hydrogen-bond acceptors (Lipinski definition) is 6. The van der Waals surface area contributed by atoms with Crippen LogP contribution in [0, 0.1) is 5.92 Å². The Balaban J connectivity index is 1.58. The molecule has 0 spiro atoms. The van der Waals surface area contributed by atoms with Crippen molar-refractivity contribution in [1.82, 2.24) is 25.0 Å². The first-order valence-corrected chi connectivity index (χ1v) is 11.4. The van der Waals surface area contributed by atoms with Gasteiger partial charge in [-0.2, -0.15) is 5.10 Å². The van der Waals surface area contributed by atoms with Gasteiger partial charge >= 0.3 is 6.03 Å². The standard InChI is InChI=1S/C24H26ClN7O3/c1-14(16-5-4-6-17(25)13-16)28-24(35)32-21(23(34)31(3)20-8-10-30(2)29-20)18(22(32)33)11-15-7-9-27-19(26)12-15/h4-10,12-14,18,21H,11H2,1-3H3,(H2,26,27)(H,28,35)/t14-,18+,21-/m0/s1. The number of β-lactam (4-membered cyclic amide) rings is 1. The minimum atomic E-state index is -1.00. The number of nitrogens with zero attached hydrogens (tertiary/aromatic N) is 5. The molecule has 3 N–H and O–H groups in total. The molecule has 0 unspecified atom stereocenters. The third kappa shape index (κ3) is 4.97. The average molecular weight is 496 g/mol. The van der Waals surface area contributed by atoms with Gasteiger partial charge in [-0.3, -0.25) is 24.1 Å². The van der Waals surface area contributed by atoms with Crippen molar-refractivity contribution < 1.29 is 14.4 Å². The van der Waals surface area contributed by atoms with Crippen LogP contribution in [0.25, 0.3) is 0 Å². The summed E-state index contributed by atoms with van der Waals surface area (Å²) in [4.78, 5) is 46.1. The largest absolute Gasteiger partial charge is 0.384 e. The van der Waals surface area contributed by atoms with E-state index < -0.39 is 35.8 Å². The van der Waals surface area contributed by atoms with E-state index in [1.54, 1.807) is 74.5 Å². The van der Waals surface area contributed by atoms with Gasteiger partial charge in [0.15, 0.2) is 5.82 Å². The molecule has 10 nitrogen and oxygen atoms in total. The summed E-state index contributed by atoms with van der Waals surface area (Å²) < 4.78 is 1.57. The van der Waals surface area contributed by atoms with Gasteiger partial charge in [-0.25, -0.2) is 9.78 Å². The zero-order valence-corrected chi connectivity index (χ0v) is 20.3. The lowest BCUT2D eigenvalue weighted by molar-refractivity contribution is -0.156. The molecule has 4 rings (SSSR count). The van der Waals surface area contributed by atoms with E-state index in [4.69, 9.17) is 17.3 Å². The molecule has 2 aromatic heterocycles. The first kappa shape index (κ1) is 24.2. The van der Waals surface area contributed by atoms with Crippen molar-refractivity contribution in [2.45, 2.75) is 25.4 Å². The molecular formula is C24H26ClN7O3. The van der Waals surface area contributed by atoms with Crippen LogP contribution in [-0.4, -0.2) is 50.6 Å². The summed E-state index contributed by atoms with van der Waals surface area (Å²) in [7, 11) is 3.31. The van der Waals surface area contributed by atoms with Crippen molar-refractivity contribution in [3.8, 4) is 0 Å². The van der Waals surface area contributed by atoms with E-state index in [-0.39, 0.29) is 6.42 Å². The second-order valence-electron chi connectivity index (χ2n) is 8.52. The lowest BCUT2D eigenvalue weighted by atomic mass is 9.81. The van der Waals surface area contributed by atoms with Gasteiger partial charge < -0.3 is 11.1 Å². The number of pyridine rings is 1. The number of aryl methyl sites for hydroxylation is 1. The Morgan fingerprint density at radius 2 is 2.03 bits per heavy atom. The molecule has 0 saturated carbocycles. The fourth-order valence-electron chi connectivity index (χ4n) is 4.14. The number of amides is 4. The number of nitrogens with two attached hydrogens (primary N) is 1. The summed E-state index contributed by atoms with van der Waals surface area (Å²) in [6.07, 6.45) is 3.49. The van der Waals surface area contributed by atoms with E-state index in [1.807, 2.05) is 6.07 Å². The van der Waals surface area contributed by atoms with Gasteiger partial charge in [-0.05, 0) is 48.7 Å². The highest BCUT2D eigenvalue weighted by Crippen LogP contribution is 2.33. The number of aromatic nitrogens is 3. The molecule has 4 amide bonds. The van der Waals surface area contributed by atoms with Gasteiger partial charge in [0, 0.05) is 37.6 Å². The number of rotatable bonds is 6. The van der Waals surface area contributed by atoms with Crippen LogP contribution in [0.5, 0.6) is 0 Å². The van der Waals surface area contributed by atoms with Crippen molar-refractivity contribution in [2.24, 2.45) is 13.0 Å². The van der Waals surface area contributed by atoms with Crippen molar-refractivity contribution >= 4 is 41.1 Å². The average Bonchev–Trinajstić information content (AvgIpc) is 3.26. The Bertz CT molecular complexity index is 1280. The predicted molar refractivity (Wildman–Crippen MR) is 131 cm³/mol. The number of nitrogens with one attached hydrogen (secondary N) is 1. The van der Waals surface area contributed by atoms with Gasteiger partial charge in [0.25, 0.3) is 5.91 Å². The maximum atomic E-state index is 13.5. The quantitative estimate of drug-likeness (QED) is 0.506. The number of likely N-dealkylation sites (N-methyl/N-ethyl adjacent to an activating group) is 1. The monoisotopic (exact) mass is 495 g/mol. The van der Waals surface area contributed by atoms with Gasteiger partial charge in [-0.1, -0.05) is 23.7 Å². The van der Waals surface area contributed by atoms with Crippen LogP contribution in [0.3, 0.4) is 0 Å². The fraction of sp³-hybridized carbons (Fsp3) is 0.292. The molecule has 3 atom stereocenters. The highest BCUT2D eigenvalue weighted by atomic mass is 35.5. The SMILES string of the molecule is C[C@H](NC(=O)N1C(=O)[C@H](Cc2ccnc(N)c2)[C@H]1C(=O)N(C)c1ccn(C)n1)c1cccc(Cl)c1. The molecule has 1 aromatic carbocycles. The third-order valence-corrected chi connectivity index (χ3v) is 6.28. The third-order valence-electron chi connectivity index (χ3n) is 6.05. The maximum absolute atomic E-state index is 13.5. The van der Waals surface area contributed by atoms with Crippen molar-refractivity contribution in [3.05, 3.63) is 71.0 Å². The van der Waals surface area contributed by atoms with E-state index in [2.05, 4.69) is 15.4 Å². The second kappa shape index (κ2) is 9.75. The normalized spacial score (nSPS) is 18.1. The van der Waals surface area contributed by atoms with E-state index in [0.29, 0.717) is 16.7 Å². The van der Waals surface area contributed by atoms with Crippen LogP contribution in [-0.2, 0) is 23.1 Å². The molecular weight excluding hydrogens is 470 g/mol. The molecule has 35 heavy (non-hydrogen) atoms. The minimum absolute atomic E-state index is 0.242. The number of benzene rings is 1. The fourth-order valence-corrected chi connectivity index (χ4v) is 4.34. The topological polar surface area (TPSA) is 126 Å². The molecule has 3 heterocycles. The predicted octanol–water partition coefficient (Wildman–Crippen LogP) is 2.55. The number of hydrogen-bond donors (Lipinski definition) is 2. The maximum Gasteiger partial charge on any atom is 0.325 e. The molecule has 0 radical (unpaired) electrons. The Hall–Kier alpha value is -3.92. The molecule has 1 saturated heterocycles. The van der Waals surface area contributed by atoms with E-state index in [1.165, 1.54) is 4.90 Å². The molecule has 0 aliphatic carbocycles. The number of carbonyl (C=O) groups excluding carboxylic acids is 3. The first-order chi connectivity index (χ1) is 16.7. The molecule has 11 heteroatoms. The van der Waals surface area contributed by atoms with E-state index in [9.17, 15) is 14.4 Å². The van der Waals surface area contributed by atoms with Crippen LogP contribution < -0.4 is 16.0 Å². The summed E-state index contributed by atoms with van der Waals surface area (Å²) in [6, 6.07) is 10.0. The highest BCUT2D eigenvalue weighted by Gasteiger charge is 2.55. The van der Waals surface area contributed by atoms with Crippen LogP contribution in [0.2, 0.25) is 5.02 Å². The molecule has 1 fully saturated rings. The highest BCUT2D eigenvalue weighted by molar-refractivity contribution is 6.30. The Morgan fingerprint density at radius 1 is 1.26 bits per heavy atom. The van der Waals surface area contributed by atoms with Crippen LogP contribution in [0.1, 0.15) is 24.1 Å². The number of urea groups is 1. The lowest BCUT2D eigenvalue weighted by Gasteiger charge is -2.45. The van der Waals surface area contributed by atoms with Crippen LogP contribution >= 0.6 is 11.6 Å². The summed E-state index contributed by atoms with van der Waals surface area (Å²) in [5, 5.41) is 7.60. The summed E-state index contributed by atoms with van der Waals surface area (Å²) >= 11 is 6.07. The smallest absolute Gasteiger partial charge is 0.325 e. The lowest BCUT2D eigenvalue weighted by Crippen LogP contribution is -2.70. The zero-order valence-electron chi connectivity index (χ0n) is 19.6. The van der Waals surface area contributed by atoms with Crippen LogP contribution in [0.4, 0.5) is 16.4 Å². The van der Waals surface area contributed by atoms with E-state index >= 15 is 0 Å². The van der Waals surface area contributed by atoms with Gasteiger partial charge in [-0.15, -0.1) is 0 Å². The van der Waals surface area contributed by atoms with Crippen molar-refractivity contribution in [2.75, 3.05) is 17.7 Å². The van der Waals surface area contributed by atoms with Gasteiger partial charge in [0.1, 0.15) is 11.9 Å². The zero-order chi connectivity index (χ0) is 25.3. The van der Waals surface area contributed by atoms with Gasteiger partial charge in [0.2, 0.25) is 5.91 Å². The molecule has 3 aromatic rings. The molecule has 0 bridgehead atoms. The second-order valence-corrected chi connectivity index (χ2v) is 8.96. The Kier molecular flexibility index (Phi) is 6.74. The first-order valence-electron chi connectivity index (χ1n) is 11.0. The van der Waals surface area contributed by atoms with Gasteiger partial charge in [0.05, 0.1) is 12.0 Å².